The highest BCUT2D eigenvalue weighted by Gasteiger charge is 2.29. The fourth-order valence-electron chi connectivity index (χ4n) is 4.33. The zero-order valence-electron chi connectivity index (χ0n) is 20.7. The van der Waals surface area contributed by atoms with E-state index in [2.05, 4.69) is 20.3 Å². The van der Waals surface area contributed by atoms with Crippen molar-refractivity contribution in [2.75, 3.05) is 29.9 Å². The van der Waals surface area contributed by atoms with E-state index in [-0.39, 0.29) is 22.6 Å². The molecule has 1 saturated heterocycles. The van der Waals surface area contributed by atoms with Gasteiger partial charge < -0.3 is 20.7 Å². The van der Waals surface area contributed by atoms with Crippen molar-refractivity contribution in [3.63, 3.8) is 0 Å². The molecule has 1 aliphatic rings. The van der Waals surface area contributed by atoms with E-state index in [0.717, 1.165) is 6.07 Å². The number of rotatable bonds is 8. The largest absolute Gasteiger partial charge is 0.470 e. The van der Waals surface area contributed by atoms with Crippen LogP contribution in [0.3, 0.4) is 0 Å². The van der Waals surface area contributed by atoms with Crippen molar-refractivity contribution < 1.29 is 26.7 Å². The third-order valence-electron chi connectivity index (χ3n) is 6.45. The van der Waals surface area contributed by atoms with Crippen LogP contribution in [0, 0.1) is 12.7 Å². The minimum Gasteiger partial charge on any atom is -0.470 e. The molecular formula is C25H29F5N6O. The van der Waals surface area contributed by atoms with Gasteiger partial charge in [-0.2, -0.15) is 4.98 Å². The minimum atomic E-state index is -2.95. The summed E-state index contributed by atoms with van der Waals surface area (Å²) in [5, 5.41) is 3.53. The van der Waals surface area contributed by atoms with Gasteiger partial charge in [0.15, 0.2) is 12.3 Å². The zero-order valence-corrected chi connectivity index (χ0v) is 20.7. The molecule has 200 valence electrons. The molecule has 3 aromatic rings. The Labute approximate surface area is 211 Å². The lowest BCUT2D eigenvalue weighted by Crippen LogP contribution is -2.48. The lowest BCUT2D eigenvalue weighted by Gasteiger charge is -2.38. The summed E-state index contributed by atoms with van der Waals surface area (Å²) in [6.45, 7) is 5.48. The monoisotopic (exact) mass is 524 g/mol. The van der Waals surface area contributed by atoms with Gasteiger partial charge in [0.1, 0.15) is 23.1 Å². The van der Waals surface area contributed by atoms with Crippen molar-refractivity contribution in [1.82, 2.24) is 15.0 Å². The van der Waals surface area contributed by atoms with E-state index in [1.54, 1.807) is 19.9 Å². The summed E-state index contributed by atoms with van der Waals surface area (Å²) in [6.07, 6.45) is -4.30. The van der Waals surface area contributed by atoms with Gasteiger partial charge in [-0.15, -0.1) is 0 Å². The maximum atomic E-state index is 14.8. The molecule has 1 aliphatic heterocycles. The number of halogens is 5. The Morgan fingerprint density at radius 3 is 2.43 bits per heavy atom. The quantitative estimate of drug-likeness (QED) is 0.374. The van der Waals surface area contributed by atoms with Crippen LogP contribution in [0.15, 0.2) is 24.3 Å². The first-order valence-corrected chi connectivity index (χ1v) is 11.9. The predicted molar refractivity (Wildman–Crippen MR) is 131 cm³/mol. The molecule has 0 aliphatic carbocycles. The molecule has 1 fully saturated rings. The van der Waals surface area contributed by atoms with E-state index in [1.807, 2.05) is 11.8 Å². The third-order valence-corrected chi connectivity index (χ3v) is 6.45. The number of nitrogens with zero attached hydrogens (tertiary/aromatic N) is 4. The molecule has 1 unspecified atom stereocenters. The molecule has 0 spiro atoms. The van der Waals surface area contributed by atoms with Gasteiger partial charge in [-0.3, -0.25) is 0 Å². The SMILES string of the molecule is Cc1nc(NC(C)c2cccc(C(F)F)c2F)c2cc(N3CCC(C)(N)CC3)c(OCC(F)F)nc2n1. The number of anilines is 2. The molecule has 12 heteroatoms. The number of aromatic nitrogens is 3. The second kappa shape index (κ2) is 10.6. The number of hydrogen-bond donors (Lipinski definition) is 2. The number of pyridine rings is 1. The van der Waals surface area contributed by atoms with Crippen LogP contribution in [0.25, 0.3) is 11.0 Å². The van der Waals surface area contributed by atoms with Crippen molar-refractivity contribution in [2.24, 2.45) is 5.73 Å². The molecule has 2 aromatic heterocycles. The molecule has 3 N–H and O–H groups in total. The Morgan fingerprint density at radius 2 is 1.78 bits per heavy atom. The zero-order chi connectivity index (χ0) is 26.9. The fourth-order valence-corrected chi connectivity index (χ4v) is 4.33. The molecule has 0 radical (unpaired) electrons. The van der Waals surface area contributed by atoms with Gasteiger partial charge in [0.05, 0.1) is 17.0 Å². The average Bonchev–Trinajstić information content (AvgIpc) is 2.82. The Balaban J connectivity index is 1.75. The average molecular weight is 525 g/mol. The van der Waals surface area contributed by atoms with Crippen LogP contribution >= 0.6 is 0 Å². The van der Waals surface area contributed by atoms with Gasteiger partial charge in [0.25, 0.3) is 12.9 Å². The first-order valence-electron chi connectivity index (χ1n) is 11.9. The highest BCUT2D eigenvalue weighted by molar-refractivity contribution is 5.90. The summed E-state index contributed by atoms with van der Waals surface area (Å²) in [7, 11) is 0. The normalized spacial score (nSPS) is 16.5. The molecule has 1 aromatic carbocycles. The molecule has 4 rings (SSSR count). The van der Waals surface area contributed by atoms with Crippen LogP contribution in [0.1, 0.15) is 56.1 Å². The smallest absolute Gasteiger partial charge is 0.272 e. The van der Waals surface area contributed by atoms with Crippen LogP contribution in [0.4, 0.5) is 33.5 Å². The van der Waals surface area contributed by atoms with Gasteiger partial charge in [-0.05, 0) is 39.7 Å². The first-order chi connectivity index (χ1) is 17.4. The number of hydrogen-bond acceptors (Lipinski definition) is 7. The molecule has 0 saturated carbocycles. The van der Waals surface area contributed by atoms with E-state index >= 15 is 0 Å². The Hall–Kier alpha value is -3.28. The summed E-state index contributed by atoms with van der Waals surface area (Å²) in [4.78, 5) is 15.1. The van der Waals surface area contributed by atoms with Crippen molar-refractivity contribution in [3.05, 3.63) is 47.0 Å². The van der Waals surface area contributed by atoms with E-state index in [9.17, 15) is 22.0 Å². The number of ether oxygens (including phenoxy) is 1. The predicted octanol–water partition coefficient (Wildman–Crippen LogP) is 5.54. The van der Waals surface area contributed by atoms with E-state index in [0.29, 0.717) is 48.6 Å². The summed E-state index contributed by atoms with van der Waals surface area (Å²) in [6, 6.07) is 4.80. The van der Waals surface area contributed by atoms with Gasteiger partial charge in [-0.25, -0.2) is 31.9 Å². The number of piperidine rings is 1. The summed E-state index contributed by atoms with van der Waals surface area (Å²) < 4.78 is 72.5. The van der Waals surface area contributed by atoms with Crippen LogP contribution in [-0.2, 0) is 0 Å². The molecule has 37 heavy (non-hydrogen) atoms. The topological polar surface area (TPSA) is 89.2 Å². The highest BCUT2D eigenvalue weighted by atomic mass is 19.3. The lowest BCUT2D eigenvalue weighted by atomic mass is 9.91. The number of nitrogens with two attached hydrogens (primary N) is 1. The van der Waals surface area contributed by atoms with Crippen LogP contribution in [0.5, 0.6) is 5.88 Å². The number of benzene rings is 1. The number of fused-ring (bicyclic) bond motifs is 1. The first kappa shape index (κ1) is 26.8. The Morgan fingerprint density at radius 1 is 1.11 bits per heavy atom. The fraction of sp³-hybridized carbons (Fsp3) is 0.480. The van der Waals surface area contributed by atoms with E-state index in [4.69, 9.17) is 10.5 Å². The van der Waals surface area contributed by atoms with E-state index < -0.39 is 36.9 Å². The maximum absolute atomic E-state index is 14.8. The van der Waals surface area contributed by atoms with Crippen LogP contribution in [0.2, 0.25) is 0 Å². The second-order valence-electron chi connectivity index (χ2n) is 9.56. The minimum absolute atomic E-state index is 0.0150. The number of alkyl halides is 4. The molecule has 1 atom stereocenters. The van der Waals surface area contributed by atoms with Gasteiger partial charge >= 0.3 is 0 Å². The van der Waals surface area contributed by atoms with E-state index in [1.165, 1.54) is 12.1 Å². The summed E-state index contributed by atoms with van der Waals surface area (Å²) >= 11 is 0. The number of nitrogens with one attached hydrogen (secondary N) is 1. The van der Waals surface area contributed by atoms with Crippen molar-refractivity contribution >= 4 is 22.5 Å². The molecule has 0 bridgehead atoms. The van der Waals surface area contributed by atoms with Gasteiger partial charge in [0, 0.05) is 24.2 Å². The highest BCUT2D eigenvalue weighted by Crippen LogP contribution is 2.36. The molecule has 0 amide bonds. The standard InChI is InChI=1S/C25H29F5N6O/c1-13(15-5-4-6-16(20(15)28)21(29)30)32-22-17-11-18(36-9-7-25(3,31)8-10-36)24(37-12-19(26)27)35-23(17)34-14(2)33-22/h4-6,11,13,19,21H,7-10,12,31H2,1-3H3,(H,32,33,34,35). The Kier molecular flexibility index (Phi) is 7.67. The molecular weight excluding hydrogens is 495 g/mol. The van der Waals surface area contributed by atoms with Gasteiger partial charge in [-0.1, -0.05) is 18.2 Å². The van der Waals surface area contributed by atoms with Gasteiger partial charge in [0.2, 0.25) is 5.88 Å². The van der Waals surface area contributed by atoms with Crippen molar-refractivity contribution in [3.8, 4) is 5.88 Å². The van der Waals surface area contributed by atoms with Crippen LogP contribution in [-0.4, -0.2) is 46.6 Å². The van der Waals surface area contributed by atoms with Crippen molar-refractivity contribution in [1.29, 1.82) is 0 Å². The summed E-state index contributed by atoms with van der Waals surface area (Å²) in [5.41, 5.74) is 5.95. The molecule has 3 heterocycles. The lowest BCUT2D eigenvalue weighted by molar-refractivity contribution is 0.0799. The molecule has 7 nitrogen and oxygen atoms in total. The number of aryl methyl sites for hydroxylation is 1. The van der Waals surface area contributed by atoms with Crippen molar-refractivity contribution in [2.45, 2.75) is 58.0 Å². The Bertz CT molecular complexity index is 1260. The van der Waals surface area contributed by atoms with Crippen LogP contribution < -0.4 is 20.7 Å². The summed E-state index contributed by atoms with van der Waals surface area (Å²) in [5.74, 6) is -0.360. The second-order valence-corrected chi connectivity index (χ2v) is 9.56. The maximum Gasteiger partial charge on any atom is 0.272 e. The third kappa shape index (κ3) is 6.00.